The first-order valence-corrected chi connectivity index (χ1v) is 18.9. The van der Waals surface area contributed by atoms with Gasteiger partial charge in [-0.25, -0.2) is 14.6 Å². The van der Waals surface area contributed by atoms with E-state index in [1.165, 1.54) is 0 Å². The molecule has 1 saturated carbocycles. The number of carbonyl (C=O) groups is 4. The normalized spacial score (nSPS) is 29.7. The number of carbonyl (C=O) groups excluding carboxylic acids is 4. The van der Waals surface area contributed by atoms with Crippen molar-refractivity contribution in [3.05, 3.63) is 41.6 Å². The highest BCUT2D eigenvalue weighted by Crippen LogP contribution is 2.51. The topological polar surface area (TPSA) is 145 Å². The van der Waals surface area contributed by atoms with Gasteiger partial charge in [-0.15, -0.1) is 0 Å². The number of ether oxygens (including phenoxy) is 4. The van der Waals surface area contributed by atoms with Crippen LogP contribution in [0.1, 0.15) is 110 Å². The Balaban J connectivity index is 1.40. The highest BCUT2D eigenvalue weighted by atomic mass is 16.6. The summed E-state index contributed by atoms with van der Waals surface area (Å²) in [5, 5.41) is 6.84. The fourth-order valence-electron chi connectivity index (χ4n) is 8.29. The number of nitrogens with one attached hydrogen (secondary N) is 2. The number of esters is 1. The summed E-state index contributed by atoms with van der Waals surface area (Å²) < 4.78 is 23.6. The van der Waals surface area contributed by atoms with Crippen LogP contribution in [0, 0.1) is 5.92 Å². The lowest BCUT2D eigenvalue weighted by Crippen LogP contribution is -2.57. The number of amides is 3. The van der Waals surface area contributed by atoms with Gasteiger partial charge in [-0.2, -0.15) is 0 Å². The van der Waals surface area contributed by atoms with E-state index in [9.17, 15) is 19.2 Å². The van der Waals surface area contributed by atoms with Gasteiger partial charge in [0.05, 0.1) is 31.5 Å². The SMILES string of the molecule is CCOC(=O)[C@@]12C[C@H]1/C=C\CCCCC[C@H](NC(=O)OC(C)(C)C)C(=O)N1C[C@@]3(CC(C)c4c(c(CC)nc5ccc(OC)cc45)O3)C[C@H]1C(=O)N2. The molecule has 1 aromatic heterocycles. The number of fused-ring (bicyclic) bond motifs is 5. The molecule has 0 bridgehead atoms. The molecule has 2 fully saturated rings. The van der Waals surface area contributed by atoms with Gasteiger partial charge >= 0.3 is 12.1 Å². The minimum atomic E-state index is -1.20. The molecule has 1 saturated heterocycles. The van der Waals surface area contributed by atoms with Gasteiger partial charge in [-0.3, -0.25) is 9.59 Å². The van der Waals surface area contributed by atoms with Crippen molar-refractivity contribution in [1.29, 1.82) is 0 Å². The minimum absolute atomic E-state index is 0.0113. The van der Waals surface area contributed by atoms with Crippen molar-refractivity contribution in [3.63, 3.8) is 0 Å². The van der Waals surface area contributed by atoms with Crippen LogP contribution in [0.15, 0.2) is 30.4 Å². The molecule has 3 aliphatic heterocycles. The van der Waals surface area contributed by atoms with Crippen molar-refractivity contribution in [3.8, 4) is 11.5 Å². The predicted octanol–water partition coefficient (Wildman–Crippen LogP) is 5.88. The number of pyridine rings is 1. The molecule has 0 radical (unpaired) electrons. The highest BCUT2D eigenvalue weighted by Gasteiger charge is 2.63. The number of aryl methyl sites for hydroxylation is 1. The van der Waals surface area contributed by atoms with Gasteiger partial charge in [0.2, 0.25) is 11.8 Å². The van der Waals surface area contributed by atoms with Gasteiger partial charge in [0.1, 0.15) is 40.3 Å². The number of hydrogen-bond donors (Lipinski definition) is 2. The van der Waals surface area contributed by atoms with Crippen molar-refractivity contribution in [2.75, 3.05) is 20.3 Å². The second kappa shape index (κ2) is 14.6. The molecule has 2 N–H and O–H groups in total. The zero-order valence-corrected chi connectivity index (χ0v) is 31.6. The molecule has 2 aromatic rings. The Labute approximate surface area is 306 Å². The number of nitrogens with zero attached hydrogens (tertiary/aromatic N) is 2. The third-order valence-corrected chi connectivity index (χ3v) is 10.8. The van der Waals surface area contributed by atoms with E-state index in [1.807, 2.05) is 31.2 Å². The van der Waals surface area contributed by atoms with Crippen LogP contribution in [0.2, 0.25) is 0 Å². The molecule has 1 unspecified atom stereocenters. The third kappa shape index (κ3) is 7.43. The van der Waals surface area contributed by atoms with E-state index >= 15 is 0 Å². The molecule has 6 rings (SSSR count). The number of alkyl carbamates (subject to hydrolysis) is 1. The Hall–Kier alpha value is -4.35. The average Bonchev–Trinajstić information content (AvgIpc) is 3.67. The predicted molar refractivity (Wildman–Crippen MR) is 195 cm³/mol. The van der Waals surface area contributed by atoms with Crippen LogP contribution in [-0.2, 0) is 30.3 Å². The summed E-state index contributed by atoms with van der Waals surface area (Å²) in [6.45, 7) is 11.5. The summed E-state index contributed by atoms with van der Waals surface area (Å²) in [6, 6.07) is 3.94. The molecule has 282 valence electrons. The number of rotatable bonds is 5. The maximum atomic E-state index is 14.7. The van der Waals surface area contributed by atoms with Gasteiger partial charge in [-0.1, -0.05) is 38.8 Å². The summed E-state index contributed by atoms with van der Waals surface area (Å²) in [7, 11) is 1.63. The van der Waals surface area contributed by atoms with Crippen LogP contribution in [-0.4, -0.2) is 82.8 Å². The van der Waals surface area contributed by atoms with Gasteiger partial charge < -0.3 is 34.5 Å². The monoisotopic (exact) mass is 718 g/mol. The Kier molecular flexibility index (Phi) is 10.5. The van der Waals surface area contributed by atoms with Gasteiger partial charge in [-0.05, 0) is 90.3 Å². The summed E-state index contributed by atoms with van der Waals surface area (Å²) in [4.78, 5) is 62.3. The van der Waals surface area contributed by atoms with Crippen LogP contribution >= 0.6 is 0 Å². The van der Waals surface area contributed by atoms with E-state index in [2.05, 4.69) is 23.6 Å². The van der Waals surface area contributed by atoms with Crippen LogP contribution < -0.4 is 20.1 Å². The molecule has 12 nitrogen and oxygen atoms in total. The van der Waals surface area contributed by atoms with Crippen molar-refractivity contribution >= 4 is 34.8 Å². The van der Waals surface area contributed by atoms with E-state index in [1.54, 1.807) is 39.7 Å². The maximum Gasteiger partial charge on any atom is 0.408 e. The quantitative estimate of drug-likeness (QED) is 0.286. The Bertz CT molecular complexity index is 1750. The molecule has 3 amide bonds. The fourth-order valence-corrected chi connectivity index (χ4v) is 8.29. The van der Waals surface area contributed by atoms with Gasteiger partial charge in [0.25, 0.3) is 0 Å². The van der Waals surface area contributed by atoms with Crippen molar-refractivity contribution < 1.29 is 38.1 Å². The highest BCUT2D eigenvalue weighted by molar-refractivity contribution is 5.97. The zero-order chi connectivity index (χ0) is 37.4. The van der Waals surface area contributed by atoms with E-state index in [-0.39, 0.29) is 37.3 Å². The molecule has 1 spiro atoms. The Morgan fingerprint density at radius 3 is 2.62 bits per heavy atom. The lowest BCUT2D eigenvalue weighted by atomic mass is 9.80. The number of allylic oxidation sites excluding steroid dienone is 1. The van der Waals surface area contributed by atoms with E-state index in [0.29, 0.717) is 37.9 Å². The molecule has 1 aromatic carbocycles. The van der Waals surface area contributed by atoms with Crippen molar-refractivity contribution in [1.82, 2.24) is 20.5 Å². The van der Waals surface area contributed by atoms with Crippen molar-refractivity contribution in [2.24, 2.45) is 5.92 Å². The van der Waals surface area contributed by atoms with E-state index in [0.717, 1.165) is 47.2 Å². The lowest BCUT2D eigenvalue weighted by Gasteiger charge is -2.40. The summed E-state index contributed by atoms with van der Waals surface area (Å²) in [5.41, 5.74) is -0.205. The first-order valence-electron chi connectivity index (χ1n) is 18.9. The lowest BCUT2D eigenvalue weighted by molar-refractivity contribution is -0.150. The summed E-state index contributed by atoms with van der Waals surface area (Å²) >= 11 is 0. The smallest absolute Gasteiger partial charge is 0.408 e. The fraction of sp³-hybridized carbons (Fsp3) is 0.625. The van der Waals surface area contributed by atoms with Crippen LogP contribution in [0.25, 0.3) is 10.9 Å². The minimum Gasteiger partial charge on any atom is -0.497 e. The first kappa shape index (κ1) is 37.4. The number of benzene rings is 1. The van der Waals surface area contributed by atoms with Crippen molar-refractivity contribution in [2.45, 2.75) is 134 Å². The van der Waals surface area contributed by atoms with Crippen LogP contribution in [0.3, 0.4) is 0 Å². The second-order valence-corrected chi connectivity index (χ2v) is 15.9. The average molecular weight is 719 g/mol. The van der Waals surface area contributed by atoms with Gasteiger partial charge in [0.15, 0.2) is 0 Å². The van der Waals surface area contributed by atoms with E-state index < -0.39 is 46.8 Å². The molecule has 1 aliphatic carbocycles. The largest absolute Gasteiger partial charge is 0.497 e. The third-order valence-electron chi connectivity index (χ3n) is 10.8. The zero-order valence-electron chi connectivity index (χ0n) is 31.6. The molecule has 12 heteroatoms. The maximum absolute atomic E-state index is 14.7. The van der Waals surface area contributed by atoms with Crippen LogP contribution in [0.4, 0.5) is 4.79 Å². The Morgan fingerprint density at radius 1 is 1.12 bits per heavy atom. The molecule has 6 atom stereocenters. The summed E-state index contributed by atoms with van der Waals surface area (Å²) in [5.74, 6) is -0.127. The van der Waals surface area contributed by atoms with Gasteiger partial charge in [0, 0.05) is 23.3 Å². The second-order valence-electron chi connectivity index (χ2n) is 15.9. The number of methoxy groups -OCH3 is 1. The molecular weight excluding hydrogens is 664 g/mol. The molecule has 4 heterocycles. The number of aromatic nitrogens is 1. The molecule has 4 aliphatic rings. The number of hydrogen-bond acceptors (Lipinski definition) is 9. The van der Waals surface area contributed by atoms with Crippen LogP contribution in [0.5, 0.6) is 11.5 Å². The molecular formula is C40H54N4O8. The molecule has 52 heavy (non-hydrogen) atoms. The first-order chi connectivity index (χ1) is 24.7. The Morgan fingerprint density at radius 2 is 1.90 bits per heavy atom. The summed E-state index contributed by atoms with van der Waals surface area (Å²) in [6.07, 6.45) is 8.74. The van der Waals surface area contributed by atoms with E-state index in [4.69, 9.17) is 23.9 Å². The standard InChI is InChI=1S/C40H54N4O8/c1-8-28-33-32(27-19-26(49-7)17-18-29(27)41-28)24(3)20-39(51-33)22-31-34(45)43-40(36(47)50-9-2)21-25(40)15-13-11-10-12-14-16-30(35(46)44(31)23-39)42-37(48)52-38(4,5)6/h13,15,17-19,24-25,30-31H,8-12,14,16,20-23H2,1-7H3,(H,42,48)(H,43,45)/b15-13-/t24?,25-,30+,31+,39-,40-/m1/s1.